The van der Waals surface area contributed by atoms with Crippen LogP contribution in [0, 0.1) is 0 Å². The predicted octanol–water partition coefficient (Wildman–Crippen LogP) is 2.19. The summed E-state index contributed by atoms with van der Waals surface area (Å²) in [5, 5.41) is 4.04. The SMILES string of the molecule is ClCC1CC(c2ccc3c(c2)OCCO3)=NO1. The quantitative estimate of drug-likeness (QED) is 0.759. The maximum atomic E-state index is 5.73. The van der Waals surface area contributed by atoms with Gasteiger partial charge in [-0.15, -0.1) is 11.6 Å². The number of nitrogens with zero attached hydrogens (tertiary/aromatic N) is 1. The van der Waals surface area contributed by atoms with E-state index in [1.807, 2.05) is 18.2 Å². The van der Waals surface area contributed by atoms with Crippen LogP contribution in [0.3, 0.4) is 0 Å². The van der Waals surface area contributed by atoms with Crippen molar-refractivity contribution in [1.82, 2.24) is 0 Å². The molecule has 2 aliphatic rings. The maximum Gasteiger partial charge on any atom is 0.162 e. The monoisotopic (exact) mass is 253 g/mol. The molecule has 1 aromatic carbocycles. The topological polar surface area (TPSA) is 40.0 Å². The lowest BCUT2D eigenvalue weighted by Crippen LogP contribution is -2.16. The van der Waals surface area contributed by atoms with E-state index in [9.17, 15) is 0 Å². The van der Waals surface area contributed by atoms with E-state index in [-0.39, 0.29) is 6.10 Å². The Kier molecular flexibility index (Phi) is 2.81. The van der Waals surface area contributed by atoms with E-state index in [0.29, 0.717) is 19.1 Å². The number of halogens is 1. The number of benzene rings is 1. The van der Waals surface area contributed by atoms with Gasteiger partial charge in [0.15, 0.2) is 11.5 Å². The number of fused-ring (bicyclic) bond motifs is 1. The Hall–Kier alpha value is -1.42. The van der Waals surface area contributed by atoms with Crippen molar-refractivity contribution in [1.29, 1.82) is 0 Å². The third-order valence-corrected chi connectivity index (χ3v) is 3.12. The zero-order chi connectivity index (χ0) is 11.7. The molecule has 2 aliphatic heterocycles. The van der Waals surface area contributed by atoms with Gasteiger partial charge in [0, 0.05) is 12.0 Å². The van der Waals surface area contributed by atoms with Crippen molar-refractivity contribution in [3.05, 3.63) is 23.8 Å². The Morgan fingerprint density at radius 1 is 1.24 bits per heavy atom. The third-order valence-electron chi connectivity index (χ3n) is 2.78. The summed E-state index contributed by atoms with van der Waals surface area (Å²) in [6.07, 6.45) is 0.725. The van der Waals surface area contributed by atoms with Crippen molar-refractivity contribution in [2.75, 3.05) is 19.1 Å². The van der Waals surface area contributed by atoms with Gasteiger partial charge in [0.05, 0.1) is 11.6 Å². The second kappa shape index (κ2) is 4.45. The Morgan fingerprint density at radius 3 is 2.82 bits per heavy atom. The van der Waals surface area contributed by atoms with Crippen LogP contribution in [0.2, 0.25) is 0 Å². The molecule has 5 heteroatoms. The highest BCUT2D eigenvalue weighted by Gasteiger charge is 2.22. The average Bonchev–Trinajstić information content (AvgIpc) is 2.87. The van der Waals surface area contributed by atoms with Gasteiger partial charge in [0.1, 0.15) is 19.3 Å². The molecule has 0 N–H and O–H groups in total. The second-order valence-corrected chi connectivity index (χ2v) is 4.29. The van der Waals surface area contributed by atoms with E-state index in [1.54, 1.807) is 0 Å². The van der Waals surface area contributed by atoms with E-state index in [1.165, 1.54) is 0 Å². The molecule has 0 aromatic heterocycles. The Morgan fingerprint density at radius 2 is 2.06 bits per heavy atom. The summed E-state index contributed by atoms with van der Waals surface area (Å²) in [5.41, 5.74) is 1.91. The van der Waals surface area contributed by atoms with Gasteiger partial charge in [0.2, 0.25) is 0 Å². The summed E-state index contributed by atoms with van der Waals surface area (Å²) < 4.78 is 11.0. The molecule has 0 radical (unpaired) electrons. The molecule has 1 aromatic rings. The summed E-state index contributed by atoms with van der Waals surface area (Å²) in [6, 6.07) is 5.81. The summed E-state index contributed by atoms with van der Waals surface area (Å²) in [7, 11) is 0. The molecule has 0 bridgehead atoms. The van der Waals surface area contributed by atoms with Crippen LogP contribution in [0.15, 0.2) is 23.4 Å². The number of hydrogen-bond acceptors (Lipinski definition) is 4. The van der Waals surface area contributed by atoms with Crippen molar-refractivity contribution in [3.63, 3.8) is 0 Å². The van der Waals surface area contributed by atoms with Crippen LogP contribution in [0.5, 0.6) is 11.5 Å². The minimum Gasteiger partial charge on any atom is -0.486 e. The van der Waals surface area contributed by atoms with Crippen molar-refractivity contribution in [2.45, 2.75) is 12.5 Å². The van der Waals surface area contributed by atoms with E-state index in [0.717, 1.165) is 29.2 Å². The normalized spacial score (nSPS) is 21.9. The highest BCUT2D eigenvalue weighted by atomic mass is 35.5. The largest absolute Gasteiger partial charge is 0.486 e. The minimum atomic E-state index is -0.0140. The highest BCUT2D eigenvalue weighted by Crippen LogP contribution is 2.32. The molecule has 4 nitrogen and oxygen atoms in total. The molecular weight excluding hydrogens is 242 g/mol. The first kappa shape index (κ1) is 10.7. The lowest BCUT2D eigenvalue weighted by Gasteiger charge is -2.18. The maximum absolute atomic E-state index is 5.73. The van der Waals surface area contributed by atoms with Gasteiger partial charge in [-0.25, -0.2) is 0 Å². The highest BCUT2D eigenvalue weighted by molar-refractivity contribution is 6.18. The lowest BCUT2D eigenvalue weighted by molar-refractivity contribution is 0.102. The molecule has 0 saturated carbocycles. The molecule has 0 aliphatic carbocycles. The fourth-order valence-electron chi connectivity index (χ4n) is 1.90. The van der Waals surface area contributed by atoms with Crippen LogP contribution in [-0.2, 0) is 4.84 Å². The number of ether oxygens (including phenoxy) is 2. The van der Waals surface area contributed by atoms with E-state index < -0.39 is 0 Å². The minimum absolute atomic E-state index is 0.0140. The first-order chi connectivity index (χ1) is 8.36. The fourth-order valence-corrected chi connectivity index (χ4v) is 2.07. The van der Waals surface area contributed by atoms with Crippen LogP contribution >= 0.6 is 11.6 Å². The summed E-state index contributed by atoms with van der Waals surface area (Å²) in [5.74, 6) is 2.01. The molecule has 17 heavy (non-hydrogen) atoms. The molecule has 0 spiro atoms. The van der Waals surface area contributed by atoms with Gasteiger partial charge in [-0.2, -0.15) is 0 Å². The molecule has 2 heterocycles. The summed E-state index contributed by atoms with van der Waals surface area (Å²) in [6.45, 7) is 1.19. The smallest absolute Gasteiger partial charge is 0.162 e. The standard InChI is InChI=1S/C12H12ClNO3/c13-7-9-6-10(14-17-9)8-1-2-11-12(5-8)16-4-3-15-11/h1-2,5,9H,3-4,6-7H2. The Bertz CT molecular complexity index is 461. The van der Waals surface area contributed by atoms with Crippen LogP contribution in [0.25, 0.3) is 0 Å². The second-order valence-electron chi connectivity index (χ2n) is 3.98. The first-order valence-corrected chi connectivity index (χ1v) is 6.09. The molecule has 1 unspecified atom stereocenters. The van der Waals surface area contributed by atoms with E-state index in [2.05, 4.69) is 5.16 Å². The molecule has 1 atom stereocenters. The average molecular weight is 254 g/mol. The van der Waals surface area contributed by atoms with Crippen LogP contribution in [-0.4, -0.2) is 30.9 Å². The predicted molar refractivity (Wildman–Crippen MR) is 64.2 cm³/mol. The van der Waals surface area contributed by atoms with Gasteiger partial charge in [-0.1, -0.05) is 5.16 Å². The molecular formula is C12H12ClNO3. The first-order valence-electron chi connectivity index (χ1n) is 5.55. The fraction of sp³-hybridized carbons (Fsp3) is 0.417. The van der Waals surface area contributed by atoms with E-state index in [4.69, 9.17) is 25.9 Å². The van der Waals surface area contributed by atoms with Crippen LogP contribution in [0.1, 0.15) is 12.0 Å². The molecule has 0 saturated heterocycles. The molecule has 90 valence electrons. The third kappa shape index (κ3) is 2.05. The van der Waals surface area contributed by atoms with Crippen molar-refractivity contribution in [3.8, 4) is 11.5 Å². The van der Waals surface area contributed by atoms with Crippen LogP contribution < -0.4 is 9.47 Å². The molecule has 0 amide bonds. The summed E-state index contributed by atoms with van der Waals surface area (Å²) >= 11 is 5.73. The van der Waals surface area contributed by atoms with Gasteiger partial charge < -0.3 is 14.3 Å². The molecule has 3 rings (SSSR count). The summed E-state index contributed by atoms with van der Waals surface area (Å²) in [4.78, 5) is 5.20. The number of alkyl halides is 1. The Balaban J connectivity index is 1.85. The van der Waals surface area contributed by atoms with Gasteiger partial charge in [-0.3, -0.25) is 0 Å². The zero-order valence-corrected chi connectivity index (χ0v) is 9.94. The van der Waals surface area contributed by atoms with Crippen molar-refractivity contribution >= 4 is 17.3 Å². The van der Waals surface area contributed by atoms with E-state index >= 15 is 0 Å². The lowest BCUT2D eigenvalue weighted by atomic mass is 10.0. The Labute approximate surface area is 104 Å². The number of hydrogen-bond donors (Lipinski definition) is 0. The molecule has 0 fully saturated rings. The number of oxime groups is 1. The van der Waals surface area contributed by atoms with Crippen molar-refractivity contribution < 1.29 is 14.3 Å². The van der Waals surface area contributed by atoms with Gasteiger partial charge in [-0.05, 0) is 18.2 Å². The van der Waals surface area contributed by atoms with Gasteiger partial charge in [0.25, 0.3) is 0 Å². The van der Waals surface area contributed by atoms with Crippen LogP contribution in [0.4, 0.5) is 0 Å². The zero-order valence-electron chi connectivity index (χ0n) is 9.19. The number of rotatable bonds is 2. The van der Waals surface area contributed by atoms with Crippen molar-refractivity contribution in [2.24, 2.45) is 5.16 Å². The van der Waals surface area contributed by atoms with Gasteiger partial charge >= 0.3 is 0 Å².